The van der Waals surface area contributed by atoms with Crippen molar-refractivity contribution in [1.82, 2.24) is 10.6 Å². The van der Waals surface area contributed by atoms with Crippen LogP contribution in [-0.4, -0.2) is 22.8 Å². The molecule has 3 N–H and O–H groups in total. The summed E-state index contributed by atoms with van der Waals surface area (Å²) in [7, 11) is 0. The van der Waals surface area contributed by atoms with Gasteiger partial charge < -0.3 is 20.5 Å². The van der Waals surface area contributed by atoms with Crippen LogP contribution in [0.15, 0.2) is 47.7 Å². The fraction of sp³-hybridized carbons (Fsp3) is 0.600. The van der Waals surface area contributed by atoms with E-state index in [-0.39, 0.29) is 11.7 Å². The average molecular weight is 515 g/mol. The van der Waals surface area contributed by atoms with E-state index in [1.807, 2.05) is 13.0 Å². The molecule has 0 fully saturated rings. The highest BCUT2D eigenvalue weighted by Gasteiger charge is 2.31. The number of phenolic OH excluding ortho intramolecular Hbond substituents is 1. The summed E-state index contributed by atoms with van der Waals surface area (Å²) in [6, 6.07) is 6.40. The molecular weight excluding hydrogens is 468 g/mol. The van der Waals surface area contributed by atoms with Crippen molar-refractivity contribution < 1.29 is 14.6 Å². The number of aromatic hydroxyl groups is 1. The average Bonchev–Trinajstić information content (AvgIpc) is 2.85. The molecule has 1 aromatic rings. The van der Waals surface area contributed by atoms with E-state index in [9.17, 15) is 9.90 Å². The lowest BCUT2D eigenvalue weighted by Crippen LogP contribution is -2.45. The molecule has 200 valence electrons. The van der Waals surface area contributed by atoms with Crippen LogP contribution in [0.2, 0.25) is 0 Å². The van der Waals surface area contributed by atoms with Crippen LogP contribution in [0.4, 0.5) is 0 Å². The molecular formula is C30H46N2O3S. The third kappa shape index (κ3) is 11.6. The fourth-order valence-corrected chi connectivity index (χ4v) is 4.78. The van der Waals surface area contributed by atoms with Crippen LogP contribution in [-0.2, 0) is 9.53 Å². The Morgan fingerprint density at radius 1 is 0.972 bits per heavy atom. The summed E-state index contributed by atoms with van der Waals surface area (Å²) in [5.41, 5.74) is 1.94. The zero-order valence-corrected chi connectivity index (χ0v) is 23.1. The number of carbonyl (C=O) groups excluding carboxylic acids is 1. The van der Waals surface area contributed by atoms with E-state index in [0.29, 0.717) is 23.0 Å². The first-order valence-corrected chi connectivity index (χ1v) is 14.3. The zero-order valence-electron chi connectivity index (χ0n) is 22.3. The summed E-state index contributed by atoms with van der Waals surface area (Å²) in [4.78, 5) is 12.9. The first kappa shape index (κ1) is 29.9. The summed E-state index contributed by atoms with van der Waals surface area (Å²) in [6.45, 7) is 4.50. The molecule has 0 spiro atoms. The molecule has 0 aromatic heterocycles. The number of thiocarbonyl (C=S) groups is 1. The van der Waals surface area contributed by atoms with E-state index < -0.39 is 6.04 Å². The number of rotatable bonds is 18. The maximum atomic E-state index is 12.9. The number of unbranched alkanes of at least 4 members (excludes halogenated alkanes) is 12. The highest BCUT2D eigenvalue weighted by Crippen LogP contribution is 2.29. The Hall–Kier alpha value is -2.34. The molecule has 36 heavy (non-hydrogen) atoms. The normalized spacial score (nSPS) is 15.7. The van der Waals surface area contributed by atoms with Gasteiger partial charge in [0.2, 0.25) is 0 Å². The summed E-state index contributed by atoms with van der Waals surface area (Å²) < 4.78 is 5.60. The van der Waals surface area contributed by atoms with Crippen LogP contribution in [0, 0.1) is 0 Å². The van der Waals surface area contributed by atoms with E-state index in [1.165, 1.54) is 77.0 Å². The van der Waals surface area contributed by atoms with E-state index in [1.54, 1.807) is 18.2 Å². The molecule has 0 bridgehead atoms. The summed E-state index contributed by atoms with van der Waals surface area (Å²) in [5, 5.41) is 16.4. The summed E-state index contributed by atoms with van der Waals surface area (Å²) >= 11 is 5.27. The van der Waals surface area contributed by atoms with Gasteiger partial charge in [0.1, 0.15) is 5.75 Å². The maximum absolute atomic E-state index is 12.9. The van der Waals surface area contributed by atoms with Gasteiger partial charge in [0.25, 0.3) is 0 Å². The molecule has 1 aromatic carbocycles. The summed E-state index contributed by atoms with van der Waals surface area (Å²) in [6.07, 6.45) is 22.2. The number of phenols is 1. The molecule has 0 amide bonds. The van der Waals surface area contributed by atoms with Crippen molar-refractivity contribution in [1.29, 1.82) is 0 Å². The van der Waals surface area contributed by atoms with Crippen LogP contribution in [0.5, 0.6) is 5.75 Å². The van der Waals surface area contributed by atoms with Crippen LogP contribution >= 0.6 is 12.2 Å². The first-order chi connectivity index (χ1) is 17.5. The van der Waals surface area contributed by atoms with Gasteiger partial charge in [-0.1, -0.05) is 89.0 Å². The van der Waals surface area contributed by atoms with Crippen molar-refractivity contribution in [2.45, 2.75) is 110 Å². The lowest BCUT2D eigenvalue weighted by atomic mass is 9.95. The second-order valence-electron chi connectivity index (χ2n) is 9.74. The van der Waals surface area contributed by atoms with Crippen molar-refractivity contribution in [3.05, 3.63) is 53.3 Å². The predicted molar refractivity (Wildman–Crippen MR) is 153 cm³/mol. The molecule has 1 aliphatic heterocycles. The van der Waals surface area contributed by atoms with Crippen LogP contribution in [0.3, 0.4) is 0 Å². The first-order valence-electron chi connectivity index (χ1n) is 13.9. The minimum Gasteiger partial charge on any atom is -0.508 e. The number of allylic oxidation sites excluding steroid dienone is 3. The van der Waals surface area contributed by atoms with Gasteiger partial charge in [-0.2, -0.15) is 0 Å². The Morgan fingerprint density at radius 2 is 1.58 bits per heavy atom. The number of esters is 1. The number of benzene rings is 1. The topological polar surface area (TPSA) is 70.6 Å². The van der Waals surface area contributed by atoms with Gasteiger partial charge in [-0.05, 0) is 68.9 Å². The highest BCUT2D eigenvalue weighted by molar-refractivity contribution is 7.80. The Bertz CT molecular complexity index is 866. The van der Waals surface area contributed by atoms with Gasteiger partial charge in [-0.15, -0.1) is 0 Å². The van der Waals surface area contributed by atoms with Crippen molar-refractivity contribution in [2.24, 2.45) is 0 Å². The maximum Gasteiger partial charge on any atom is 0.338 e. The molecule has 0 aliphatic carbocycles. The van der Waals surface area contributed by atoms with Gasteiger partial charge in [-0.3, -0.25) is 0 Å². The quantitative estimate of drug-likeness (QED) is 0.0804. The van der Waals surface area contributed by atoms with Gasteiger partial charge in [0, 0.05) is 5.70 Å². The van der Waals surface area contributed by atoms with Crippen molar-refractivity contribution in [2.75, 3.05) is 6.61 Å². The van der Waals surface area contributed by atoms with E-state index in [2.05, 4.69) is 29.7 Å². The molecule has 5 nitrogen and oxygen atoms in total. The lowest BCUT2D eigenvalue weighted by Gasteiger charge is -2.30. The van der Waals surface area contributed by atoms with Gasteiger partial charge in [-0.25, -0.2) is 4.79 Å². The molecule has 2 rings (SSSR count). The van der Waals surface area contributed by atoms with Crippen LogP contribution in [0.1, 0.15) is 115 Å². The molecule has 1 atom stereocenters. The number of ether oxygens (including phenoxy) is 1. The standard InChI is InChI=1S/C30H46N2O3S/c1-3-4-5-6-7-8-9-10-11-12-13-14-15-16-17-18-22-35-29(34)27-24(2)31-30(36)32-28(27)25-20-19-21-26(33)23-25/h10-11,19-21,23,28,33H,3-9,12-18,22H2,1-2H3,(H2,31,32,36)/b11-10-. The van der Waals surface area contributed by atoms with E-state index >= 15 is 0 Å². The predicted octanol–water partition coefficient (Wildman–Crippen LogP) is 7.77. The fourth-order valence-electron chi connectivity index (χ4n) is 4.51. The smallest absolute Gasteiger partial charge is 0.338 e. The second kappa shape index (κ2) is 18.0. The molecule has 0 saturated carbocycles. The number of hydrogen-bond acceptors (Lipinski definition) is 4. The second-order valence-corrected chi connectivity index (χ2v) is 10.1. The Kier molecular flexibility index (Phi) is 14.9. The number of hydrogen-bond donors (Lipinski definition) is 3. The minimum atomic E-state index is -0.446. The molecule has 6 heteroatoms. The van der Waals surface area contributed by atoms with E-state index in [4.69, 9.17) is 17.0 Å². The Labute approximate surface area is 223 Å². The third-order valence-electron chi connectivity index (χ3n) is 6.58. The zero-order chi connectivity index (χ0) is 26.0. The van der Waals surface area contributed by atoms with Crippen molar-refractivity contribution in [3.8, 4) is 5.75 Å². The largest absolute Gasteiger partial charge is 0.508 e. The van der Waals surface area contributed by atoms with Gasteiger partial charge in [0.05, 0.1) is 18.2 Å². The Morgan fingerprint density at radius 3 is 2.22 bits per heavy atom. The molecule has 0 radical (unpaired) electrons. The number of nitrogens with one attached hydrogen (secondary N) is 2. The van der Waals surface area contributed by atoms with Crippen LogP contribution in [0.25, 0.3) is 0 Å². The molecule has 0 saturated heterocycles. The van der Waals surface area contributed by atoms with Crippen molar-refractivity contribution >= 4 is 23.3 Å². The van der Waals surface area contributed by atoms with E-state index in [0.717, 1.165) is 18.4 Å². The summed E-state index contributed by atoms with van der Waals surface area (Å²) in [5.74, 6) is -0.204. The van der Waals surface area contributed by atoms with Crippen molar-refractivity contribution in [3.63, 3.8) is 0 Å². The SMILES string of the molecule is CCCCCCCC/C=C\CCCCCCCCOC(=O)C1=C(C)NC(=S)NC1c1cccc(O)c1. The van der Waals surface area contributed by atoms with Gasteiger partial charge in [0.15, 0.2) is 5.11 Å². The minimum absolute atomic E-state index is 0.147. The number of carbonyl (C=O) groups is 1. The van der Waals surface area contributed by atoms with Crippen LogP contribution < -0.4 is 10.6 Å². The molecule has 1 heterocycles. The third-order valence-corrected chi connectivity index (χ3v) is 6.80. The highest BCUT2D eigenvalue weighted by atomic mass is 32.1. The Balaban J connectivity index is 1.56. The molecule has 1 aliphatic rings. The molecule has 1 unspecified atom stereocenters. The van der Waals surface area contributed by atoms with Gasteiger partial charge >= 0.3 is 5.97 Å². The monoisotopic (exact) mass is 514 g/mol. The lowest BCUT2D eigenvalue weighted by molar-refractivity contribution is -0.139.